The fourth-order valence-corrected chi connectivity index (χ4v) is 2.31. The van der Waals surface area contributed by atoms with Gasteiger partial charge in [-0.05, 0) is 38.3 Å². The molecular formula is C16H22F3NO2. The van der Waals surface area contributed by atoms with Gasteiger partial charge in [0.05, 0.1) is 0 Å². The summed E-state index contributed by atoms with van der Waals surface area (Å²) in [6, 6.07) is 5.40. The molecule has 0 radical (unpaired) electrons. The van der Waals surface area contributed by atoms with Gasteiger partial charge in [-0.25, -0.2) is 0 Å². The molecule has 0 aromatic heterocycles. The zero-order valence-corrected chi connectivity index (χ0v) is 13.3. The van der Waals surface area contributed by atoms with Crippen molar-refractivity contribution in [2.45, 2.75) is 52.3 Å². The Labute approximate surface area is 128 Å². The van der Waals surface area contributed by atoms with E-state index in [0.717, 1.165) is 11.1 Å². The molecule has 124 valence electrons. The van der Waals surface area contributed by atoms with Gasteiger partial charge in [-0.2, -0.15) is 13.2 Å². The Kier molecular flexibility index (Phi) is 5.85. The smallest absolute Gasteiger partial charge is 0.411 e. The van der Waals surface area contributed by atoms with Crippen LogP contribution in [0.4, 0.5) is 13.2 Å². The summed E-state index contributed by atoms with van der Waals surface area (Å²) in [4.78, 5) is 11.8. The standard InChI is InChI=1S/C16H22F3NO2/c1-5-15(6-2,16(17,18)19)20-14(21)10-22-13-8-7-11(3)9-12(13)4/h7-9H,5-6,10H2,1-4H3,(H,20,21). The zero-order chi connectivity index (χ0) is 17.0. The molecule has 0 aliphatic carbocycles. The van der Waals surface area contributed by atoms with Crippen LogP contribution in [0.25, 0.3) is 0 Å². The lowest BCUT2D eigenvalue weighted by Crippen LogP contribution is -2.58. The Morgan fingerprint density at radius 3 is 2.23 bits per heavy atom. The molecule has 1 amide bonds. The third-order valence-corrected chi connectivity index (χ3v) is 3.82. The van der Waals surface area contributed by atoms with Crippen molar-refractivity contribution in [2.24, 2.45) is 0 Å². The van der Waals surface area contributed by atoms with Gasteiger partial charge < -0.3 is 10.1 Å². The first kappa shape index (κ1) is 18.3. The van der Waals surface area contributed by atoms with Crippen LogP contribution in [-0.4, -0.2) is 24.2 Å². The number of amides is 1. The second kappa shape index (κ2) is 7.03. The largest absolute Gasteiger partial charge is 0.484 e. The summed E-state index contributed by atoms with van der Waals surface area (Å²) >= 11 is 0. The predicted octanol–water partition coefficient (Wildman–Crippen LogP) is 3.92. The summed E-state index contributed by atoms with van der Waals surface area (Å²) in [7, 11) is 0. The molecule has 0 unspecified atom stereocenters. The Hall–Kier alpha value is -1.72. The molecule has 22 heavy (non-hydrogen) atoms. The lowest BCUT2D eigenvalue weighted by molar-refractivity contribution is -0.201. The van der Waals surface area contributed by atoms with Crippen molar-refractivity contribution >= 4 is 5.91 Å². The molecule has 1 rings (SSSR count). The Morgan fingerprint density at radius 2 is 1.77 bits per heavy atom. The van der Waals surface area contributed by atoms with Gasteiger partial charge in [0, 0.05) is 0 Å². The van der Waals surface area contributed by atoms with Gasteiger partial charge in [-0.3, -0.25) is 4.79 Å². The highest BCUT2D eigenvalue weighted by Gasteiger charge is 2.53. The third kappa shape index (κ3) is 4.15. The normalized spacial score (nSPS) is 12.1. The maximum absolute atomic E-state index is 13.2. The number of carbonyl (C=O) groups excluding carboxylic acids is 1. The zero-order valence-electron chi connectivity index (χ0n) is 13.3. The third-order valence-electron chi connectivity index (χ3n) is 3.82. The second-order valence-electron chi connectivity index (χ2n) is 5.39. The van der Waals surface area contributed by atoms with Crippen LogP contribution in [0.3, 0.4) is 0 Å². The SMILES string of the molecule is CCC(CC)(NC(=O)COc1ccc(C)cc1C)C(F)(F)F. The number of benzene rings is 1. The fraction of sp³-hybridized carbons (Fsp3) is 0.562. The van der Waals surface area contributed by atoms with Crippen LogP contribution < -0.4 is 10.1 Å². The van der Waals surface area contributed by atoms with Gasteiger partial charge in [0.25, 0.3) is 5.91 Å². The summed E-state index contributed by atoms with van der Waals surface area (Å²) in [6.45, 7) is 6.11. The maximum Gasteiger partial charge on any atom is 0.411 e. The molecule has 0 heterocycles. The van der Waals surface area contributed by atoms with Crippen LogP contribution in [0.1, 0.15) is 37.8 Å². The van der Waals surface area contributed by atoms with E-state index < -0.39 is 24.2 Å². The van der Waals surface area contributed by atoms with E-state index in [4.69, 9.17) is 4.74 Å². The van der Waals surface area contributed by atoms with E-state index in [0.29, 0.717) is 5.75 Å². The first-order valence-corrected chi connectivity index (χ1v) is 7.23. The molecule has 0 aliphatic heterocycles. The molecule has 0 aliphatic rings. The second-order valence-corrected chi connectivity index (χ2v) is 5.39. The molecule has 0 atom stereocenters. The van der Waals surface area contributed by atoms with Crippen LogP contribution in [0.2, 0.25) is 0 Å². The topological polar surface area (TPSA) is 38.3 Å². The van der Waals surface area contributed by atoms with Crippen molar-refractivity contribution in [1.29, 1.82) is 0 Å². The van der Waals surface area contributed by atoms with Crippen molar-refractivity contribution < 1.29 is 22.7 Å². The molecule has 0 fully saturated rings. The maximum atomic E-state index is 13.2. The molecule has 1 aromatic carbocycles. The van der Waals surface area contributed by atoms with Gasteiger partial charge in [0.2, 0.25) is 0 Å². The van der Waals surface area contributed by atoms with Crippen molar-refractivity contribution in [3.8, 4) is 5.75 Å². The molecule has 3 nitrogen and oxygen atoms in total. The molecule has 0 spiro atoms. The summed E-state index contributed by atoms with van der Waals surface area (Å²) in [5.74, 6) is -0.285. The number of alkyl halides is 3. The average Bonchev–Trinajstić information content (AvgIpc) is 2.42. The van der Waals surface area contributed by atoms with E-state index in [1.807, 2.05) is 26.0 Å². The quantitative estimate of drug-likeness (QED) is 0.863. The minimum Gasteiger partial charge on any atom is -0.484 e. The summed E-state index contributed by atoms with van der Waals surface area (Å²) in [5.41, 5.74) is -0.321. The van der Waals surface area contributed by atoms with Crippen LogP contribution >= 0.6 is 0 Å². The number of aryl methyl sites for hydroxylation is 2. The number of carbonyl (C=O) groups is 1. The number of ether oxygens (including phenoxy) is 1. The predicted molar refractivity (Wildman–Crippen MR) is 78.9 cm³/mol. The van der Waals surface area contributed by atoms with E-state index in [9.17, 15) is 18.0 Å². The van der Waals surface area contributed by atoms with E-state index >= 15 is 0 Å². The van der Waals surface area contributed by atoms with Crippen LogP contribution in [0.5, 0.6) is 5.75 Å². The lowest BCUT2D eigenvalue weighted by atomic mass is 9.92. The number of halogens is 3. The highest BCUT2D eigenvalue weighted by atomic mass is 19.4. The van der Waals surface area contributed by atoms with Crippen LogP contribution in [-0.2, 0) is 4.79 Å². The van der Waals surface area contributed by atoms with Crippen LogP contribution in [0, 0.1) is 13.8 Å². The summed E-state index contributed by atoms with van der Waals surface area (Å²) < 4.78 is 44.8. The molecule has 0 saturated carbocycles. The highest BCUT2D eigenvalue weighted by molar-refractivity contribution is 5.78. The minimum absolute atomic E-state index is 0.220. The number of rotatable bonds is 6. The Balaban J connectivity index is 2.73. The molecule has 6 heteroatoms. The molecule has 1 N–H and O–H groups in total. The lowest BCUT2D eigenvalue weighted by Gasteiger charge is -2.34. The fourth-order valence-electron chi connectivity index (χ4n) is 2.31. The first-order valence-electron chi connectivity index (χ1n) is 7.23. The summed E-state index contributed by atoms with van der Waals surface area (Å²) in [6.07, 6.45) is -4.93. The van der Waals surface area contributed by atoms with E-state index in [-0.39, 0.29) is 12.8 Å². The molecule has 1 aromatic rings. The van der Waals surface area contributed by atoms with E-state index in [2.05, 4.69) is 5.32 Å². The Morgan fingerprint density at radius 1 is 1.18 bits per heavy atom. The van der Waals surface area contributed by atoms with Crippen molar-refractivity contribution in [3.05, 3.63) is 29.3 Å². The first-order chi connectivity index (χ1) is 10.1. The molecule has 0 saturated heterocycles. The molecule has 0 bridgehead atoms. The van der Waals surface area contributed by atoms with Gasteiger partial charge in [0.15, 0.2) is 6.61 Å². The van der Waals surface area contributed by atoms with E-state index in [1.165, 1.54) is 13.8 Å². The van der Waals surface area contributed by atoms with Crippen molar-refractivity contribution in [2.75, 3.05) is 6.61 Å². The van der Waals surface area contributed by atoms with Crippen molar-refractivity contribution in [1.82, 2.24) is 5.32 Å². The van der Waals surface area contributed by atoms with Gasteiger partial charge >= 0.3 is 6.18 Å². The van der Waals surface area contributed by atoms with Gasteiger partial charge in [0.1, 0.15) is 11.3 Å². The number of nitrogens with one attached hydrogen (secondary N) is 1. The van der Waals surface area contributed by atoms with Crippen molar-refractivity contribution in [3.63, 3.8) is 0 Å². The monoisotopic (exact) mass is 317 g/mol. The average molecular weight is 317 g/mol. The van der Waals surface area contributed by atoms with Gasteiger partial charge in [-0.15, -0.1) is 0 Å². The van der Waals surface area contributed by atoms with Crippen LogP contribution in [0.15, 0.2) is 18.2 Å². The number of hydrogen-bond donors (Lipinski definition) is 1. The molecular weight excluding hydrogens is 295 g/mol. The minimum atomic E-state index is -4.49. The Bertz CT molecular complexity index is 523. The highest BCUT2D eigenvalue weighted by Crippen LogP contribution is 2.35. The summed E-state index contributed by atoms with van der Waals surface area (Å²) in [5, 5.41) is 2.08. The number of hydrogen-bond acceptors (Lipinski definition) is 2. The van der Waals surface area contributed by atoms with E-state index in [1.54, 1.807) is 6.07 Å². The van der Waals surface area contributed by atoms with Gasteiger partial charge in [-0.1, -0.05) is 31.5 Å².